The van der Waals surface area contributed by atoms with Crippen molar-refractivity contribution in [2.24, 2.45) is 5.73 Å². The predicted molar refractivity (Wildman–Crippen MR) is 129 cm³/mol. The minimum atomic E-state index is -4.38. The molecule has 0 saturated heterocycles. The highest BCUT2D eigenvalue weighted by Gasteiger charge is 2.30. The van der Waals surface area contributed by atoms with E-state index in [9.17, 15) is 18.0 Å². The van der Waals surface area contributed by atoms with E-state index in [4.69, 9.17) is 4.42 Å². The zero-order valence-corrected chi connectivity index (χ0v) is 19.1. The fourth-order valence-corrected chi connectivity index (χ4v) is 3.68. The number of rotatable bonds is 6. The van der Waals surface area contributed by atoms with E-state index in [1.165, 1.54) is 13.1 Å². The number of furan rings is 1. The smallest absolute Gasteiger partial charge is 0.416 e. The zero-order valence-electron chi connectivity index (χ0n) is 19.1. The molecule has 3 N–H and O–H groups in total. The van der Waals surface area contributed by atoms with Crippen molar-refractivity contribution in [1.29, 1.82) is 0 Å². The van der Waals surface area contributed by atoms with Crippen molar-refractivity contribution in [1.82, 2.24) is 5.32 Å². The number of fused-ring (bicyclic) bond motifs is 1. The summed E-state index contributed by atoms with van der Waals surface area (Å²) >= 11 is 0. The Hall–Kier alpha value is -3.58. The van der Waals surface area contributed by atoms with Gasteiger partial charge in [-0.25, -0.2) is 0 Å². The zero-order chi connectivity index (χ0) is 24.7. The quantitative estimate of drug-likeness (QED) is 0.343. The molecule has 1 heterocycles. The third kappa shape index (κ3) is 5.85. The number of carbonyl (C=O) groups excluding carboxylic acids is 1. The van der Waals surface area contributed by atoms with Crippen molar-refractivity contribution >= 4 is 16.9 Å². The SMILES string of the molecule is CCCNC(=O)c1cccc(-c2cccc3oc(Cc4cccc(C(F)(F)F)c4)cc23)c1.CN. The lowest BCUT2D eigenvalue weighted by atomic mass is 9.99. The molecule has 34 heavy (non-hydrogen) atoms. The van der Waals surface area contributed by atoms with E-state index < -0.39 is 11.7 Å². The van der Waals surface area contributed by atoms with E-state index in [1.54, 1.807) is 12.1 Å². The molecule has 7 heteroatoms. The standard InChI is InChI=1S/C26H22F3NO2.CH5N/c1-2-12-30-25(31)19-8-4-7-18(15-19)22-10-5-11-24-23(22)16-21(32-24)14-17-6-3-9-20(13-17)26(27,28)29;1-2/h3-11,13,15-16H,2,12,14H2,1H3,(H,30,31);2H2,1H3. The molecule has 0 aliphatic heterocycles. The van der Waals surface area contributed by atoms with E-state index in [0.29, 0.717) is 29.0 Å². The van der Waals surface area contributed by atoms with Crippen LogP contribution in [-0.4, -0.2) is 19.5 Å². The summed E-state index contributed by atoms with van der Waals surface area (Å²) in [6.07, 6.45) is -3.28. The lowest BCUT2D eigenvalue weighted by molar-refractivity contribution is -0.137. The van der Waals surface area contributed by atoms with Crippen LogP contribution in [0, 0.1) is 0 Å². The molecule has 0 aliphatic rings. The summed E-state index contributed by atoms with van der Waals surface area (Å²) in [5, 5.41) is 3.72. The molecule has 0 unspecified atom stereocenters. The number of alkyl halides is 3. The van der Waals surface area contributed by atoms with Gasteiger partial charge in [-0.3, -0.25) is 4.79 Å². The van der Waals surface area contributed by atoms with Gasteiger partial charge in [0.25, 0.3) is 5.91 Å². The minimum absolute atomic E-state index is 0.127. The van der Waals surface area contributed by atoms with Crippen LogP contribution in [0.25, 0.3) is 22.1 Å². The summed E-state index contributed by atoms with van der Waals surface area (Å²) in [6, 6.07) is 20.1. The molecule has 178 valence electrons. The normalized spacial score (nSPS) is 11.1. The topological polar surface area (TPSA) is 68.3 Å². The van der Waals surface area contributed by atoms with Gasteiger partial charge >= 0.3 is 6.18 Å². The van der Waals surface area contributed by atoms with Gasteiger partial charge in [-0.2, -0.15) is 13.2 Å². The van der Waals surface area contributed by atoms with Gasteiger partial charge in [0, 0.05) is 23.9 Å². The van der Waals surface area contributed by atoms with Gasteiger partial charge in [0.15, 0.2) is 0 Å². The number of carbonyl (C=O) groups is 1. The molecule has 1 amide bonds. The largest absolute Gasteiger partial charge is 0.461 e. The van der Waals surface area contributed by atoms with E-state index in [1.807, 2.05) is 49.4 Å². The number of nitrogens with two attached hydrogens (primary N) is 1. The number of nitrogens with one attached hydrogen (secondary N) is 1. The summed E-state index contributed by atoms with van der Waals surface area (Å²) in [6.45, 7) is 2.60. The maximum atomic E-state index is 13.0. The molecule has 4 rings (SSSR count). The van der Waals surface area contributed by atoms with Gasteiger partial charge in [-0.15, -0.1) is 0 Å². The maximum Gasteiger partial charge on any atom is 0.416 e. The number of hydrogen-bond donors (Lipinski definition) is 2. The highest BCUT2D eigenvalue weighted by molar-refractivity contribution is 5.98. The number of halogens is 3. The van der Waals surface area contributed by atoms with Crippen LogP contribution in [0.5, 0.6) is 0 Å². The van der Waals surface area contributed by atoms with Crippen LogP contribution < -0.4 is 11.1 Å². The molecular formula is C27H27F3N2O2. The third-order valence-corrected chi connectivity index (χ3v) is 5.22. The summed E-state index contributed by atoms with van der Waals surface area (Å²) in [5.41, 5.74) is 7.32. The fourth-order valence-electron chi connectivity index (χ4n) is 3.68. The Morgan fingerprint density at radius 1 is 0.971 bits per heavy atom. The minimum Gasteiger partial charge on any atom is -0.461 e. The van der Waals surface area contributed by atoms with Crippen molar-refractivity contribution in [2.75, 3.05) is 13.6 Å². The Labute approximate surface area is 196 Å². The Bertz CT molecular complexity index is 1260. The van der Waals surface area contributed by atoms with Gasteiger partial charge in [0.2, 0.25) is 0 Å². The molecule has 0 bridgehead atoms. The second-order valence-corrected chi connectivity index (χ2v) is 7.64. The van der Waals surface area contributed by atoms with Crippen LogP contribution in [0.3, 0.4) is 0 Å². The number of benzene rings is 3. The van der Waals surface area contributed by atoms with E-state index in [0.717, 1.165) is 35.1 Å². The summed E-state index contributed by atoms with van der Waals surface area (Å²) in [5.74, 6) is 0.446. The maximum absolute atomic E-state index is 13.0. The third-order valence-electron chi connectivity index (χ3n) is 5.22. The van der Waals surface area contributed by atoms with Gasteiger partial charge < -0.3 is 15.5 Å². The molecule has 1 aromatic heterocycles. The Morgan fingerprint density at radius 2 is 1.71 bits per heavy atom. The molecular weight excluding hydrogens is 441 g/mol. The number of hydrogen-bond acceptors (Lipinski definition) is 3. The van der Waals surface area contributed by atoms with Crippen LogP contribution in [-0.2, 0) is 12.6 Å². The first-order chi connectivity index (χ1) is 16.3. The summed E-state index contributed by atoms with van der Waals surface area (Å²) in [7, 11) is 1.50. The molecule has 0 aliphatic carbocycles. The second-order valence-electron chi connectivity index (χ2n) is 7.64. The molecule has 0 spiro atoms. The van der Waals surface area contributed by atoms with Crippen LogP contribution in [0.4, 0.5) is 13.2 Å². The first kappa shape index (κ1) is 25.1. The Morgan fingerprint density at radius 3 is 2.44 bits per heavy atom. The first-order valence-electron chi connectivity index (χ1n) is 11.0. The lowest BCUT2D eigenvalue weighted by Crippen LogP contribution is -2.23. The van der Waals surface area contributed by atoms with Crippen LogP contribution in [0.15, 0.2) is 77.2 Å². The van der Waals surface area contributed by atoms with Gasteiger partial charge in [-0.05, 0) is 60.5 Å². The Kier molecular flexibility index (Phi) is 8.12. The van der Waals surface area contributed by atoms with Crippen LogP contribution in [0.2, 0.25) is 0 Å². The molecule has 4 nitrogen and oxygen atoms in total. The number of amides is 1. The predicted octanol–water partition coefficient (Wildman–Crippen LogP) is 6.42. The summed E-state index contributed by atoms with van der Waals surface area (Å²) < 4.78 is 45.0. The second kappa shape index (κ2) is 11.0. The monoisotopic (exact) mass is 468 g/mol. The van der Waals surface area contributed by atoms with Gasteiger partial charge in [0.1, 0.15) is 11.3 Å². The van der Waals surface area contributed by atoms with E-state index in [2.05, 4.69) is 11.1 Å². The van der Waals surface area contributed by atoms with Crippen molar-refractivity contribution in [3.8, 4) is 11.1 Å². The molecule has 0 atom stereocenters. The molecule has 0 fully saturated rings. The van der Waals surface area contributed by atoms with Crippen molar-refractivity contribution in [2.45, 2.75) is 25.9 Å². The van der Waals surface area contributed by atoms with Gasteiger partial charge in [0.05, 0.1) is 5.56 Å². The van der Waals surface area contributed by atoms with E-state index >= 15 is 0 Å². The highest BCUT2D eigenvalue weighted by Crippen LogP contribution is 2.33. The van der Waals surface area contributed by atoms with Crippen molar-refractivity contribution in [3.05, 3.63) is 95.2 Å². The molecule has 0 radical (unpaired) electrons. The average Bonchev–Trinajstić information content (AvgIpc) is 3.26. The molecule has 0 saturated carbocycles. The first-order valence-corrected chi connectivity index (χ1v) is 11.0. The fraction of sp³-hybridized carbons (Fsp3) is 0.222. The molecule has 3 aromatic carbocycles. The van der Waals surface area contributed by atoms with Crippen LogP contribution in [0.1, 0.15) is 40.6 Å². The highest BCUT2D eigenvalue weighted by atomic mass is 19.4. The van der Waals surface area contributed by atoms with Gasteiger partial charge in [-0.1, -0.05) is 49.4 Å². The van der Waals surface area contributed by atoms with Crippen molar-refractivity contribution < 1.29 is 22.4 Å². The molecule has 4 aromatic rings. The lowest BCUT2D eigenvalue weighted by Gasteiger charge is -2.07. The van der Waals surface area contributed by atoms with E-state index in [-0.39, 0.29) is 12.3 Å². The van der Waals surface area contributed by atoms with Crippen LogP contribution >= 0.6 is 0 Å². The summed E-state index contributed by atoms with van der Waals surface area (Å²) in [4.78, 5) is 12.3. The Balaban J connectivity index is 0.00000158. The average molecular weight is 469 g/mol. The van der Waals surface area contributed by atoms with Crippen molar-refractivity contribution in [3.63, 3.8) is 0 Å².